The molecular weight excluding hydrogens is 524 g/mol. The van der Waals surface area contributed by atoms with Crippen LogP contribution in [0.15, 0.2) is 47.5 Å². The van der Waals surface area contributed by atoms with Crippen LogP contribution >= 0.6 is 24.0 Å². The number of benzene rings is 2. The maximum Gasteiger partial charge on any atom is 0.251 e. The molecule has 2 aromatic carbocycles. The van der Waals surface area contributed by atoms with Gasteiger partial charge in [-0.2, -0.15) is 0 Å². The first-order valence-corrected chi connectivity index (χ1v) is 10.3. The molecule has 0 aliphatic carbocycles. The molecule has 2 rings (SSSR count). The minimum Gasteiger partial charge on any atom is -0.357 e. The Balaban J connectivity index is 0.00000512. The predicted octanol–water partition coefficient (Wildman–Crippen LogP) is 2.64. The van der Waals surface area contributed by atoms with Crippen molar-refractivity contribution in [3.8, 4) is 0 Å². The van der Waals surface area contributed by atoms with E-state index in [1.165, 1.54) is 6.07 Å². The van der Waals surface area contributed by atoms with E-state index in [0.717, 1.165) is 5.56 Å². The summed E-state index contributed by atoms with van der Waals surface area (Å²) in [6.45, 7) is 5.71. The van der Waals surface area contributed by atoms with E-state index in [1.54, 1.807) is 32.2 Å². The molecular formula is C23H31FIN5O2. The van der Waals surface area contributed by atoms with Crippen LogP contribution in [0.3, 0.4) is 0 Å². The van der Waals surface area contributed by atoms with Gasteiger partial charge >= 0.3 is 0 Å². The minimum absolute atomic E-state index is 0. The molecule has 9 heteroatoms. The fourth-order valence-electron chi connectivity index (χ4n) is 2.84. The Labute approximate surface area is 205 Å². The number of nitrogens with zero attached hydrogens (tertiary/aromatic N) is 1. The third-order valence-corrected chi connectivity index (χ3v) is 4.57. The first kappa shape index (κ1) is 27.3. The molecule has 0 aromatic heterocycles. The Kier molecular flexibility index (Phi) is 12.3. The number of hydrogen-bond donors (Lipinski definition) is 4. The summed E-state index contributed by atoms with van der Waals surface area (Å²) in [6, 6.07) is 11.9. The van der Waals surface area contributed by atoms with Crippen LogP contribution in [0.1, 0.15) is 38.8 Å². The Bertz CT molecular complexity index is 936. The first-order valence-electron chi connectivity index (χ1n) is 10.3. The molecule has 0 heterocycles. The zero-order valence-electron chi connectivity index (χ0n) is 18.6. The molecule has 2 aromatic rings. The lowest BCUT2D eigenvalue weighted by Gasteiger charge is -2.12. The number of amides is 2. The Morgan fingerprint density at radius 3 is 2.38 bits per heavy atom. The molecule has 0 unspecified atom stereocenters. The number of halogens is 2. The summed E-state index contributed by atoms with van der Waals surface area (Å²) in [5.41, 5.74) is 2.45. The molecule has 0 atom stereocenters. The summed E-state index contributed by atoms with van der Waals surface area (Å²) in [5.74, 6) is -0.191. The summed E-state index contributed by atoms with van der Waals surface area (Å²) in [6.07, 6.45) is 0.692. The van der Waals surface area contributed by atoms with Crippen LogP contribution in [-0.2, 0) is 6.42 Å². The lowest BCUT2D eigenvalue weighted by Crippen LogP contribution is -2.41. The van der Waals surface area contributed by atoms with Crippen LogP contribution in [0.25, 0.3) is 0 Å². The second-order valence-electron chi connectivity index (χ2n) is 6.94. The van der Waals surface area contributed by atoms with Gasteiger partial charge in [-0.3, -0.25) is 14.6 Å². The van der Waals surface area contributed by atoms with Gasteiger partial charge in [0.2, 0.25) is 0 Å². The van der Waals surface area contributed by atoms with E-state index < -0.39 is 5.82 Å². The number of guanidine groups is 1. The summed E-state index contributed by atoms with van der Waals surface area (Å²) < 4.78 is 13.6. The quantitative estimate of drug-likeness (QED) is 0.166. The number of rotatable bonds is 9. The summed E-state index contributed by atoms with van der Waals surface area (Å²) >= 11 is 0. The normalized spacial score (nSPS) is 10.7. The summed E-state index contributed by atoms with van der Waals surface area (Å²) in [7, 11) is 1.61. The van der Waals surface area contributed by atoms with Crippen LogP contribution in [0.4, 0.5) is 4.39 Å². The zero-order chi connectivity index (χ0) is 22.6. The van der Waals surface area contributed by atoms with Gasteiger partial charge in [0.15, 0.2) is 5.96 Å². The summed E-state index contributed by atoms with van der Waals surface area (Å²) in [5, 5.41) is 11.7. The third-order valence-electron chi connectivity index (χ3n) is 4.57. The number of hydrogen-bond acceptors (Lipinski definition) is 3. The molecule has 4 N–H and O–H groups in total. The van der Waals surface area contributed by atoms with Crippen LogP contribution in [0, 0.1) is 12.7 Å². The Morgan fingerprint density at radius 1 is 0.969 bits per heavy atom. The standard InChI is InChI=1S/C23H30FN5O2.HI/c1-4-26-23(28-11-10-17-6-5-7-18(14-17)21(30)25-3)29-13-12-27-22(31)19-9-8-16(2)20(24)15-19;/h5-9,14-15H,4,10-13H2,1-3H3,(H,25,30)(H,27,31)(H2,26,28,29);1H. The van der Waals surface area contributed by atoms with Gasteiger partial charge in [-0.05, 0) is 55.7 Å². The van der Waals surface area contributed by atoms with E-state index in [4.69, 9.17) is 0 Å². The third kappa shape index (κ3) is 8.81. The van der Waals surface area contributed by atoms with Gasteiger partial charge in [-0.1, -0.05) is 18.2 Å². The lowest BCUT2D eigenvalue weighted by molar-refractivity contribution is 0.0949. The lowest BCUT2D eigenvalue weighted by atomic mass is 10.1. The predicted molar refractivity (Wildman–Crippen MR) is 136 cm³/mol. The number of carbonyl (C=O) groups excluding carboxylic acids is 2. The van der Waals surface area contributed by atoms with Gasteiger partial charge < -0.3 is 21.3 Å². The van der Waals surface area contributed by atoms with Crippen molar-refractivity contribution < 1.29 is 14.0 Å². The second kappa shape index (κ2) is 14.4. The van der Waals surface area contributed by atoms with Crippen molar-refractivity contribution >= 4 is 41.8 Å². The van der Waals surface area contributed by atoms with Crippen LogP contribution in [0.2, 0.25) is 0 Å². The van der Waals surface area contributed by atoms with E-state index in [9.17, 15) is 14.0 Å². The van der Waals surface area contributed by atoms with Crippen LogP contribution < -0.4 is 21.3 Å². The highest BCUT2D eigenvalue weighted by Crippen LogP contribution is 2.09. The van der Waals surface area contributed by atoms with E-state index in [-0.39, 0.29) is 35.8 Å². The van der Waals surface area contributed by atoms with E-state index >= 15 is 0 Å². The molecule has 0 aliphatic rings. The van der Waals surface area contributed by atoms with Crippen molar-refractivity contribution in [2.75, 3.05) is 33.2 Å². The van der Waals surface area contributed by atoms with Gasteiger partial charge in [0.1, 0.15) is 5.82 Å². The first-order chi connectivity index (χ1) is 14.9. The van der Waals surface area contributed by atoms with Gasteiger partial charge in [0.25, 0.3) is 11.8 Å². The van der Waals surface area contributed by atoms with Gasteiger partial charge in [0.05, 0.1) is 0 Å². The number of aryl methyl sites for hydroxylation is 1. The summed E-state index contributed by atoms with van der Waals surface area (Å²) in [4.78, 5) is 28.4. The van der Waals surface area contributed by atoms with Gasteiger partial charge in [-0.25, -0.2) is 4.39 Å². The maximum absolute atomic E-state index is 13.6. The molecule has 2 amide bonds. The number of aliphatic imine (C=N–C) groups is 1. The molecule has 7 nitrogen and oxygen atoms in total. The van der Waals surface area contributed by atoms with Crippen molar-refractivity contribution in [3.05, 3.63) is 70.5 Å². The Morgan fingerprint density at radius 2 is 1.69 bits per heavy atom. The van der Waals surface area contributed by atoms with Gasteiger partial charge in [0, 0.05) is 44.4 Å². The molecule has 0 fully saturated rings. The zero-order valence-corrected chi connectivity index (χ0v) is 21.0. The SMILES string of the molecule is CCNC(=NCCc1cccc(C(=O)NC)c1)NCCNC(=O)c1ccc(C)c(F)c1.I. The smallest absolute Gasteiger partial charge is 0.251 e. The fourth-order valence-corrected chi connectivity index (χ4v) is 2.84. The van der Waals surface area contributed by atoms with Crippen molar-refractivity contribution in [3.63, 3.8) is 0 Å². The minimum atomic E-state index is -0.395. The molecule has 0 spiro atoms. The topological polar surface area (TPSA) is 94.6 Å². The molecule has 0 bridgehead atoms. The van der Waals surface area contributed by atoms with Crippen molar-refractivity contribution in [1.29, 1.82) is 0 Å². The van der Waals surface area contributed by atoms with E-state index in [1.807, 2.05) is 25.1 Å². The fraction of sp³-hybridized carbons (Fsp3) is 0.348. The highest BCUT2D eigenvalue weighted by molar-refractivity contribution is 14.0. The molecule has 0 radical (unpaired) electrons. The van der Waals surface area contributed by atoms with Crippen molar-refractivity contribution in [1.82, 2.24) is 21.3 Å². The van der Waals surface area contributed by atoms with Crippen molar-refractivity contribution in [2.24, 2.45) is 4.99 Å². The number of nitrogens with one attached hydrogen (secondary N) is 4. The van der Waals surface area contributed by atoms with Crippen molar-refractivity contribution in [2.45, 2.75) is 20.3 Å². The average Bonchev–Trinajstić information content (AvgIpc) is 2.78. The molecule has 32 heavy (non-hydrogen) atoms. The molecule has 0 saturated heterocycles. The monoisotopic (exact) mass is 555 g/mol. The number of carbonyl (C=O) groups is 2. The average molecular weight is 555 g/mol. The Hall–Kier alpha value is -2.69. The molecule has 174 valence electrons. The largest absolute Gasteiger partial charge is 0.357 e. The maximum atomic E-state index is 13.6. The highest BCUT2D eigenvalue weighted by Gasteiger charge is 2.08. The van der Waals surface area contributed by atoms with Crippen LogP contribution in [-0.4, -0.2) is 51.0 Å². The molecule has 0 saturated carbocycles. The second-order valence-corrected chi connectivity index (χ2v) is 6.94. The van der Waals surface area contributed by atoms with Crippen LogP contribution in [0.5, 0.6) is 0 Å². The highest BCUT2D eigenvalue weighted by atomic mass is 127. The van der Waals surface area contributed by atoms with E-state index in [0.29, 0.717) is 55.2 Å². The molecule has 0 aliphatic heterocycles. The van der Waals surface area contributed by atoms with Gasteiger partial charge in [-0.15, -0.1) is 24.0 Å². The van der Waals surface area contributed by atoms with E-state index in [2.05, 4.69) is 26.3 Å².